The Kier molecular flexibility index (Phi) is 4.21. The van der Waals surface area contributed by atoms with Crippen molar-refractivity contribution in [2.75, 3.05) is 0 Å². The molecule has 0 fully saturated rings. The predicted molar refractivity (Wildman–Crippen MR) is 81.3 cm³/mol. The van der Waals surface area contributed by atoms with Crippen LogP contribution in [0, 0.1) is 13.8 Å². The highest BCUT2D eigenvalue weighted by Crippen LogP contribution is 2.14. The Bertz CT molecular complexity index is 735. The first-order chi connectivity index (χ1) is 9.90. The molecule has 2 aromatic rings. The average molecular weight is 285 g/mol. The fourth-order valence-corrected chi connectivity index (χ4v) is 2.19. The van der Waals surface area contributed by atoms with Gasteiger partial charge in [-0.05, 0) is 32.4 Å². The summed E-state index contributed by atoms with van der Waals surface area (Å²) in [5.41, 5.74) is 2.48. The van der Waals surface area contributed by atoms with Crippen molar-refractivity contribution in [1.82, 2.24) is 14.9 Å². The lowest BCUT2D eigenvalue weighted by Crippen LogP contribution is -2.32. The van der Waals surface area contributed by atoms with Gasteiger partial charge in [-0.2, -0.15) is 0 Å². The van der Waals surface area contributed by atoms with Crippen molar-refractivity contribution in [3.05, 3.63) is 63.3 Å². The zero-order valence-corrected chi connectivity index (χ0v) is 12.7. The number of pyridine rings is 2. The molecule has 1 N–H and O–H groups in total. The van der Waals surface area contributed by atoms with Crippen molar-refractivity contribution < 1.29 is 4.79 Å². The number of hydrogen-bond donors (Lipinski definition) is 1. The van der Waals surface area contributed by atoms with Crippen molar-refractivity contribution in [2.24, 2.45) is 7.05 Å². The summed E-state index contributed by atoms with van der Waals surface area (Å²) >= 11 is 0. The summed E-state index contributed by atoms with van der Waals surface area (Å²) in [5.74, 6) is -0.381. The number of rotatable bonds is 3. The molecule has 2 heterocycles. The van der Waals surface area contributed by atoms with Gasteiger partial charge < -0.3 is 9.88 Å². The summed E-state index contributed by atoms with van der Waals surface area (Å²) in [4.78, 5) is 28.5. The highest BCUT2D eigenvalue weighted by atomic mass is 16.2. The molecule has 0 spiro atoms. The molecule has 1 unspecified atom stereocenters. The summed E-state index contributed by atoms with van der Waals surface area (Å²) in [5, 5.41) is 2.83. The van der Waals surface area contributed by atoms with Crippen LogP contribution in [0.2, 0.25) is 0 Å². The molecule has 1 amide bonds. The Labute approximate surface area is 123 Å². The van der Waals surface area contributed by atoms with Crippen LogP contribution in [0.5, 0.6) is 0 Å². The zero-order chi connectivity index (χ0) is 15.6. The smallest absolute Gasteiger partial charge is 0.257 e. The van der Waals surface area contributed by atoms with Crippen molar-refractivity contribution in [1.29, 1.82) is 0 Å². The van der Waals surface area contributed by atoms with Crippen LogP contribution in [0.3, 0.4) is 0 Å². The van der Waals surface area contributed by atoms with E-state index in [4.69, 9.17) is 0 Å². The molecule has 5 nitrogen and oxygen atoms in total. The highest BCUT2D eigenvalue weighted by Gasteiger charge is 2.16. The van der Waals surface area contributed by atoms with Gasteiger partial charge in [-0.15, -0.1) is 0 Å². The molecule has 0 aliphatic carbocycles. The van der Waals surface area contributed by atoms with E-state index in [1.807, 2.05) is 32.9 Å². The maximum absolute atomic E-state index is 12.3. The fraction of sp³-hybridized carbons (Fsp3) is 0.312. The van der Waals surface area contributed by atoms with Crippen molar-refractivity contribution >= 4 is 5.91 Å². The molecule has 2 rings (SSSR count). The van der Waals surface area contributed by atoms with Gasteiger partial charge >= 0.3 is 0 Å². The maximum atomic E-state index is 12.3. The van der Waals surface area contributed by atoms with Gasteiger partial charge in [-0.3, -0.25) is 14.6 Å². The van der Waals surface area contributed by atoms with E-state index >= 15 is 0 Å². The van der Waals surface area contributed by atoms with Gasteiger partial charge in [0.1, 0.15) is 5.56 Å². The number of carbonyl (C=O) groups excluding carboxylic acids is 1. The van der Waals surface area contributed by atoms with Gasteiger partial charge in [0.2, 0.25) is 0 Å². The Balaban J connectivity index is 2.25. The maximum Gasteiger partial charge on any atom is 0.257 e. The van der Waals surface area contributed by atoms with Crippen LogP contribution in [0.4, 0.5) is 0 Å². The number of nitrogens with zero attached hydrogens (tertiary/aromatic N) is 2. The molecule has 1 atom stereocenters. The van der Waals surface area contributed by atoms with Crippen molar-refractivity contribution in [3.8, 4) is 0 Å². The van der Waals surface area contributed by atoms with Crippen molar-refractivity contribution in [2.45, 2.75) is 26.8 Å². The normalized spacial score (nSPS) is 12.0. The van der Waals surface area contributed by atoms with Gasteiger partial charge in [0.05, 0.1) is 11.7 Å². The van der Waals surface area contributed by atoms with E-state index in [1.165, 1.54) is 6.07 Å². The molecule has 0 saturated heterocycles. The van der Waals surface area contributed by atoms with Crippen LogP contribution in [0.15, 0.2) is 35.4 Å². The second kappa shape index (κ2) is 5.91. The monoisotopic (exact) mass is 285 g/mol. The summed E-state index contributed by atoms with van der Waals surface area (Å²) in [7, 11) is 1.80. The number of amides is 1. The molecular weight excluding hydrogens is 266 g/mol. The minimum absolute atomic E-state index is 0.142. The van der Waals surface area contributed by atoms with Crippen LogP contribution >= 0.6 is 0 Å². The lowest BCUT2D eigenvalue weighted by molar-refractivity contribution is 0.0937. The lowest BCUT2D eigenvalue weighted by Gasteiger charge is -2.15. The van der Waals surface area contributed by atoms with Crippen LogP contribution in [-0.4, -0.2) is 15.5 Å². The van der Waals surface area contributed by atoms with E-state index in [1.54, 1.807) is 24.0 Å². The van der Waals surface area contributed by atoms with Gasteiger partial charge in [-0.1, -0.05) is 6.07 Å². The average Bonchev–Trinajstić information content (AvgIpc) is 2.43. The number of carbonyl (C=O) groups is 1. The second-order valence-corrected chi connectivity index (χ2v) is 5.20. The molecule has 0 aromatic carbocycles. The van der Waals surface area contributed by atoms with Gasteiger partial charge in [0, 0.05) is 31.2 Å². The molecule has 110 valence electrons. The first-order valence-electron chi connectivity index (χ1n) is 6.80. The Hall–Kier alpha value is -2.43. The fourth-order valence-electron chi connectivity index (χ4n) is 2.19. The Morgan fingerprint density at radius 2 is 2.10 bits per heavy atom. The minimum atomic E-state index is -0.381. The molecule has 5 heteroatoms. The summed E-state index contributed by atoms with van der Waals surface area (Å²) in [6, 6.07) is 5.00. The number of aromatic nitrogens is 2. The Morgan fingerprint density at radius 3 is 2.76 bits per heavy atom. The number of aryl methyl sites for hydroxylation is 3. The van der Waals surface area contributed by atoms with E-state index < -0.39 is 0 Å². The number of nitrogens with one attached hydrogen (secondary N) is 1. The van der Waals surface area contributed by atoms with Gasteiger partial charge in [0.25, 0.3) is 5.91 Å². The molecule has 0 aliphatic rings. The Morgan fingerprint density at radius 1 is 1.38 bits per heavy atom. The summed E-state index contributed by atoms with van der Waals surface area (Å²) in [6.45, 7) is 5.62. The van der Waals surface area contributed by atoms with Gasteiger partial charge in [0.15, 0.2) is 5.43 Å². The quantitative estimate of drug-likeness (QED) is 0.936. The molecule has 2 aromatic heterocycles. The van der Waals surface area contributed by atoms with E-state index in [-0.39, 0.29) is 22.9 Å². The first-order valence-corrected chi connectivity index (χ1v) is 6.80. The second-order valence-electron chi connectivity index (χ2n) is 5.20. The van der Waals surface area contributed by atoms with E-state index in [0.29, 0.717) is 0 Å². The van der Waals surface area contributed by atoms with E-state index in [2.05, 4.69) is 10.3 Å². The third kappa shape index (κ3) is 3.18. The predicted octanol–water partition coefficient (Wildman–Crippen LogP) is 1.89. The van der Waals surface area contributed by atoms with Crippen LogP contribution in [0.1, 0.15) is 40.3 Å². The molecule has 0 saturated carbocycles. The largest absolute Gasteiger partial charge is 0.354 e. The van der Waals surface area contributed by atoms with Crippen LogP contribution < -0.4 is 10.7 Å². The van der Waals surface area contributed by atoms with E-state index in [0.717, 1.165) is 17.0 Å². The van der Waals surface area contributed by atoms with Gasteiger partial charge in [-0.25, -0.2) is 0 Å². The number of hydrogen-bond acceptors (Lipinski definition) is 3. The van der Waals surface area contributed by atoms with Crippen LogP contribution in [-0.2, 0) is 7.05 Å². The van der Waals surface area contributed by atoms with E-state index in [9.17, 15) is 9.59 Å². The standard InChI is InChI=1S/C16H19N3O2/c1-10-6-5-7-17-15(10)12(3)18-16(21)13-9-19(4)11(2)8-14(13)20/h5-9,12H,1-4H3,(H,18,21). The topological polar surface area (TPSA) is 64.0 Å². The minimum Gasteiger partial charge on any atom is -0.354 e. The molecule has 0 radical (unpaired) electrons. The third-order valence-electron chi connectivity index (χ3n) is 3.54. The SMILES string of the molecule is Cc1cccnc1C(C)NC(=O)c1cn(C)c(C)cc1=O. The molecule has 0 aliphatic heterocycles. The molecule has 21 heavy (non-hydrogen) atoms. The summed E-state index contributed by atoms with van der Waals surface area (Å²) in [6.07, 6.45) is 3.25. The molecular formula is C16H19N3O2. The highest BCUT2D eigenvalue weighted by molar-refractivity contribution is 5.94. The lowest BCUT2D eigenvalue weighted by atomic mass is 10.1. The summed E-state index contributed by atoms with van der Waals surface area (Å²) < 4.78 is 1.76. The van der Waals surface area contributed by atoms with Crippen molar-refractivity contribution in [3.63, 3.8) is 0 Å². The van der Waals surface area contributed by atoms with Crippen LogP contribution in [0.25, 0.3) is 0 Å². The molecule has 0 bridgehead atoms. The zero-order valence-electron chi connectivity index (χ0n) is 12.7. The third-order valence-corrected chi connectivity index (χ3v) is 3.54. The first kappa shape index (κ1) is 15.0.